The van der Waals surface area contributed by atoms with Crippen LogP contribution in [0.25, 0.3) is 38.7 Å². The SMILES string of the molecule is [C-]#[N+]c1cc(-c2cc(-c3cccc(Br)c3)nc(-c3ccc(Br)cc3)n2)ccc1F. The average molecular weight is 509 g/mol. The van der Waals surface area contributed by atoms with E-state index in [0.717, 1.165) is 25.8 Å². The molecule has 6 heteroatoms. The molecule has 4 rings (SSSR count). The van der Waals surface area contributed by atoms with Gasteiger partial charge in [0, 0.05) is 20.1 Å². The van der Waals surface area contributed by atoms with Crippen LogP contribution in [0.3, 0.4) is 0 Å². The third-order valence-electron chi connectivity index (χ3n) is 4.31. The highest BCUT2D eigenvalue weighted by molar-refractivity contribution is 9.10. The lowest BCUT2D eigenvalue weighted by molar-refractivity contribution is 0.634. The summed E-state index contributed by atoms with van der Waals surface area (Å²) < 4.78 is 15.7. The zero-order valence-electron chi connectivity index (χ0n) is 14.9. The van der Waals surface area contributed by atoms with Crippen molar-refractivity contribution in [1.29, 1.82) is 0 Å². The van der Waals surface area contributed by atoms with Crippen LogP contribution in [-0.2, 0) is 0 Å². The lowest BCUT2D eigenvalue weighted by Gasteiger charge is -2.10. The molecule has 1 aromatic heterocycles. The molecule has 0 saturated heterocycles. The summed E-state index contributed by atoms with van der Waals surface area (Å²) in [5.41, 5.74) is 3.78. The van der Waals surface area contributed by atoms with Gasteiger partial charge in [0.15, 0.2) is 5.82 Å². The Labute approximate surface area is 184 Å². The number of aromatic nitrogens is 2. The maximum Gasteiger partial charge on any atom is 0.222 e. The van der Waals surface area contributed by atoms with E-state index in [0.29, 0.717) is 17.1 Å². The summed E-state index contributed by atoms with van der Waals surface area (Å²) in [6.07, 6.45) is 0. The van der Waals surface area contributed by atoms with Crippen molar-refractivity contribution in [2.45, 2.75) is 0 Å². The topological polar surface area (TPSA) is 30.1 Å². The molecule has 4 aromatic rings. The highest BCUT2D eigenvalue weighted by Crippen LogP contribution is 2.31. The van der Waals surface area contributed by atoms with Crippen LogP contribution < -0.4 is 0 Å². The van der Waals surface area contributed by atoms with Crippen molar-refractivity contribution in [3.05, 3.63) is 99.0 Å². The highest BCUT2D eigenvalue weighted by Gasteiger charge is 2.12. The van der Waals surface area contributed by atoms with E-state index in [4.69, 9.17) is 16.5 Å². The largest absolute Gasteiger partial charge is 0.235 e. The minimum Gasteiger partial charge on any atom is -0.235 e. The molecule has 0 fully saturated rings. The van der Waals surface area contributed by atoms with Gasteiger partial charge in [-0.1, -0.05) is 62.2 Å². The van der Waals surface area contributed by atoms with Crippen LogP contribution in [0, 0.1) is 12.4 Å². The molecule has 0 bridgehead atoms. The van der Waals surface area contributed by atoms with Crippen molar-refractivity contribution in [1.82, 2.24) is 9.97 Å². The molecular formula is C23H12Br2FN3. The number of nitrogens with zero attached hydrogens (tertiary/aromatic N) is 3. The van der Waals surface area contributed by atoms with E-state index in [1.807, 2.05) is 54.6 Å². The second-order valence-electron chi connectivity index (χ2n) is 6.26. The molecule has 0 spiro atoms. The van der Waals surface area contributed by atoms with E-state index in [2.05, 4.69) is 36.7 Å². The fourth-order valence-electron chi connectivity index (χ4n) is 2.88. The van der Waals surface area contributed by atoms with Crippen molar-refractivity contribution < 1.29 is 4.39 Å². The summed E-state index contributed by atoms with van der Waals surface area (Å²) in [5, 5.41) is 0. The minimum atomic E-state index is -0.543. The van der Waals surface area contributed by atoms with Gasteiger partial charge >= 0.3 is 0 Å². The molecule has 0 aliphatic carbocycles. The van der Waals surface area contributed by atoms with Gasteiger partial charge in [0.25, 0.3) is 0 Å². The maximum atomic E-state index is 13.8. The van der Waals surface area contributed by atoms with Gasteiger partial charge in [-0.05, 0) is 48.0 Å². The Kier molecular flexibility index (Phi) is 5.52. The van der Waals surface area contributed by atoms with Crippen LogP contribution in [0.2, 0.25) is 0 Å². The molecule has 0 amide bonds. The first kappa shape index (κ1) is 19.4. The molecule has 3 nitrogen and oxygen atoms in total. The molecule has 0 radical (unpaired) electrons. The molecule has 29 heavy (non-hydrogen) atoms. The third kappa shape index (κ3) is 4.26. The van der Waals surface area contributed by atoms with Crippen LogP contribution in [0.15, 0.2) is 81.7 Å². The summed E-state index contributed by atoms with van der Waals surface area (Å²) in [6, 6.07) is 21.9. The number of hydrogen-bond donors (Lipinski definition) is 0. The van der Waals surface area contributed by atoms with E-state index in [1.165, 1.54) is 12.1 Å². The summed E-state index contributed by atoms with van der Waals surface area (Å²) in [7, 11) is 0. The standard InChI is InChI=1S/C23H12Br2FN3/c1-27-22-12-16(7-10-19(22)26)21-13-20(15-3-2-4-18(25)11-15)28-23(29-21)14-5-8-17(24)9-6-14/h2-13H. The fourth-order valence-corrected chi connectivity index (χ4v) is 3.54. The van der Waals surface area contributed by atoms with E-state index >= 15 is 0 Å². The molecule has 0 unspecified atom stereocenters. The Balaban J connectivity index is 1.93. The zero-order valence-corrected chi connectivity index (χ0v) is 18.1. The Morgan fingerprint density at radius 3 is 2.03 bits per heavy atom. The van der Waals surface area contributed by atoms with Crippen LogP contribution in [0.1, 0.15) is 0 Å². The van der Waals surface area contributed by atoms with Crippen LogP contribution in [0.5, 0.6) is 0 Å². The molecule has 140 valence electrons. The molecule has 0 N–H and O–H groups in total. The van der Waals surface area contributed by atoms with Gasteiger partial charge in [-0.15, -0.1) is 0 Å². The third-order valence-corrected chi connectivity index (χ3v) is 5.33. The van der Waals surface area contributed by atoms with E-state index in [1.54, 1.807) is 6.07 Å². The first-order valence-corrected chi connectivity index (χ1v) is 10.2. The van der Waals surface area contributed by atoms with Crippen molar-refractivity contribution >= 4 is 37.5 Å². The van der Waals surface area contributed by atoms with Crippen molar-refractivity contribution in [3.8, 4) is 33.9 Å². The molecule has 1 heterocycles. The molecule has 3 aromatic carbocycles. The molecular weight excluding hydrogens is 497 g/mol. The van der Waals surface area contributed by atoms with Gasteiger partial charge in [-0.25, -0.2) is 19.2 Å². The second-order valence-corrected chi connectivity index (χ2v) is 8.09. The normalized spacial score (nSPS) is 10.6. The second kappa shape index (κ2) is 8.24. The Bertz CT molecular complexity index is 1250. The monoisotopic (exact) mass is 507 g/mol. The lowest BCUT2D eigenvalue weighted by Crippen LogP contribution is -1.96. The van der Waals surface area contributed by atoms with Crippen molar-refractivity contribution in [3.63, 3.8) is 0 Å². The van der Waals surface area contributed by atoms with Crippen LogP contribution in [0.4, 0.5) is 10.1 Å². The molecule has 0 saturated carbocycles. The molecule has 0 atom stereocenters. The Morgan fingerprint density at radius 1 is 0.724 bits per heavy atom. The van der Waals surface area contributed by atoms with E-state index < -0.39 is 5.82 Å². The zero-order chi connectivity index (χ0) is 20.4. The van der Waals surface area contributed by atoms with Gasteiger partial charge in [-0.2, -0.15) is 0 Å². The molecule has 0 aliphatic heterocycles. The first-order chi connectivity index (χ1) is 14.0. The number of rotatable bonds is 3. The molecule has 0 aliphatic rings. The van der Waals surface area contributed by atoms with Gasteiger partial charge in [0.05, 0.1) is 18.0 Å². The first-order valence-electron chi connectivity index (χ1n) is 8.62. The maximum absolute atomic E-state index is 13.8. The Hall–Kier alpha value is -2.88. The quantitative estimate of drug-likeness (QED) is 0.265. The smallest absolute Gasteiger partial charge is 0.222 e. The number of hydrogen-bond acceptors (Lipinski definition) is 2. The van der Waals surface area contributed by atoms with E-state index in [9.17, 15) is 4.39 Å². The van der Waals surface area contributed by atoms with Crippen molar-refractivity contribution in [2.75, 3.05) is 0 Å². The fraction of sp³-hybridized carbons (Fsp3) is 0. The summed E-state index contributed by atoms with van der Waals surface area (Å²) >= 11 is 6.94. The minimum absolute atomic E-state index is 0.0321. The van der Waals surface area contributed by atoms with Crippen molar-refractivity contribution in [2.24, 2.45) is 0 Å². The summed E-state index contributed by atoms with van der Waals surface area (Å²) in [6.45, 7) is 7.18. The number of halogens is 3. The predicted octanol–water partition coefficient (Wildman–Crippen LogP) is 7.69. The Morgan fingerprint density at radius 2 is 1.38 bits per heavy atom. The average Bonchev–Trinajstić information content (AvgIpc) is 2.74. The predicted molar refractivity (Wildman–Crippen MR) is 120 cm³/mol. The highest BCUT2D eigenvalue weighted by atomic mass is 79.9. The summed E-state index contributed by atoms with van der Waals surface area (Å²) in [4.78, 5) is 12.7. The van der Waals surface area contributed by atoms with Crippen LogP contribution in [-0.4, -0.2) is 9.97 Å². The summed E-state index contributed by atoms with van der Waals surface area (Å²) in [5.74, 6) is 0.0109. The lowest BCUT2D eigenvalue weighted by atomic mass is 10.1. The van der Waals surface area contributed by atoms with Gasteiger partial charge in [0.1, 0.15) is 5.82 Å². The van der Waals surface area contributed by atoms with Gasteiger partial charge in [-0.3, -0.25) is 0 Å². The van der Waals surface area contributed by atoms with E-state index in [-0.39, 0.29) is 5.69 Å². The van der Waals surface area contributed by atoms with Crippen LogP contribution >= 0.6 is 31.9 Å². The van der Waals surface area contributed by atoms with Gasteiger partial charge < -0.3 is 0 Å². The number of benzene rings is 3. The van der Waals surface area contributed by atoms with Gasteiger partial charge in [0.2, 0.25) is 5.69 Å².